The number of methoxy groups -OCH3 is 1. The zero-order chi connectivity index (χ0) is 15.6. The first kappa shape index (κ1) is 15.6. The van der Waals surface area contributed by atoms with Crippen LogP contribution < -0.4 is 4.72 Å². The fourth-order valence-corrected chi connectivity index (χ4v) is 2.72. The third kappa shape index (κ3) is 3.44. The van der Waals surface area contributed by atoms with Gasteiger partial charge < -0.3 is 9.15 Å². The second-order valence-electron chi connectivity index (χ2n) is 5.02. The summed E-state index contributed by atoms with van der Waals surface area (Å²) in [6.45, 7) is 6.09. The minimum absolute atomic E-state index is 0.0379. The van der Waals surface area contributed by atoms with Gasteiger partial charge in [-0.25, -0.2) is 4.72 Å². The molecule has 0 bridgehead atoms. The summed E-state index contributed by atoms with van der Waals surface area (Å²) in [4.78, 5) is 4.36. The van der Waals surface area contributed by atoms with Gasteiger partial charge >= 0.3 is 10.2 Å². The van der Waals surface area contributed by atoms with Gasteiger partial charge in [-0.3, -0.25) is 4.99 Å². The molecule has 1 aliphatic rings. The van der Waals surface area contributed by atoms with Crippen LogP contribution in [0, 0.1) is 0 Å². The van der Waals surface area contributed by atoms with Gasteiger partial charge in [0.2, 0.25) is 5.84 Å². The topological polar surface area (TPSA) is 93.3 Å². The van der Waals surface area contributed by atoms with Crippen LogP contribution in [0.2, 0.25) is 0 Å². The summed E-state index contributed by atoms with van der Waals surface area (Å²) in [6.07, 6.45) is 2.36. The molecule has 21 heavy (non-hydrogen) atoms. The van der Waals surface area contributed by atoms with Gasteiger partial charge in [0.25, 0.3) is 5.90 Å². The first-order valence-electron chi connectivity index (χ1n) is 6.69. The number of furan rings is 1. The van der Waals surface area contributed by atoms with Crippen molar-refractivity contribution in [2.45, 2.75) is 39.2 Å². The van der Waals surface area contributed by atoms with E-state index >= 15 is 0 Å². The number of amidine groups is 1. The van der Waals surface area contributed by atoms with Gasteiger partial charge in [-0.1, -0.05) is 20.8 Å². The minimum atomic E-state index is -3.75. The Bertz CT molecular complexity index is 673. The summed E-state index contributed by atoms with van der Waals surface area (Å²) in [5.41, 5.74) is 1.08. The average molecular weight is 313 g/mol. The Morgan fingerprint density at radius 3 is 2.71 bits per heavy atom. The molecule has 0 radical (unpaired) electrons. The van der Waals surface area contributed by atoms with Crippen molar-refractivity contribution in [3.8, 4) is 0 Å². The fourth-order valence-electron chi connectivity index (χ4n) is 1.91. The maximum absolute atomic E-state index is 11.4. The number of hydrogen-bond donors (Lipinski definition) is 1. The highest BCUT2D eigenvalue weighted by Gasteiger charge is 2.28. The molecule has 0 unspecified atom stereocenters. The van der Waals surface area contributed by atoms with E-state index in [1.54, 1.807) is 6.26 Å². The lowest BCUT2D eigenvalue weighted by Crippen LogP contribution is -2.28. The highest BCUT2D eigenvalue weighted by Crippen LogP contribution is 2.27. The van der Waals surface area contributed by atoms with Gasteiger partial charge in [-0.15, -0.1) is 4.40 Å². The second-order valence-corrected chi connectivity index (χ2v) is 6.35. The quantitative estimate of drug-likeness (QED) is 0.921. The molecule has 1 N–H and O–H groups in total. The Kier molecular flexibility index (Phi) is 4.36. The van der Waals surface area contributed by atoms with Gasteiger partial charge in [-0.2, -0.15) is 8.42 Å². The van der Waals surface area contributed by atoms with E-state index in [4.69, 9.17) is 9.15 Å². The molecule has 0 aromatic carbocycles. The van der Waals surface area contributed by atoms with Crippen molar-refractivity contribution in [3.05, 3.63) is 23.7 Å². The summed E-state index contributed by atoms with van der Waals surface area (Å²) in [6, 6.07) is 1.64. The van der Waals surface area contributed by atoms with Crippen LogP contribution >= 0.6 is 0 Å². The average Bonchev–Trinajstić information content (AvgIpc) is 3.00. The number of aliphatic imine (C=N–C) groups is 1. The monoisotopic (exact) mass is 313 g/mol. The molecule has 2 heterocycles. The third-order valence-corrected chi connectivity index (χ3v) is 3.99. The Hall–Kier alpha value is -1.83. The normalized spacial score (nSPS) is 20.4. The van der Waals surface area contributed by atoms with E-state index in [0.29, 0.717) is 18.1 Å². The molecule has 0 saturated heterocycles. The van der Waals surface area contributed by atoms with Gasteiger partial charge in [0, 0.05) is 0 Å². The van der Waals surface area contributed by atoms with Crippen molar-refractivity contribution < 1.29 is 17.6 Å². The van der Waals surface area contributed by atoms with E-state index < -0.39 is 10.2 Å². The van der Waals surface area contributed by atoms with Crippen LogP contribution in [-0.4, -0.2) is 27.3 Å². The highest BCUT2D eigenvalue weighted by molar-refractivity contribution is 7.89. The Balaban J connectivity index is 2.30. The van der Waals surface area contributed by atoms with Crippen LogP contribution in [0.1, 0.15) is 50.5 Å². The molecule has 0 amide bonds. The standard InChI is InChI=1S/C13H19N3O4S/c1-5-10(11-6-9(7-20-11)8(2)3)14-12-13(19-4)16-21(17,18)15-12/h6-8,10H,5H2,1-4H3,(H,14,15)/t10-/m1/s1. The molecule has 1 atom stereocenters. The third-order valence-electron chi connectivity index (χ3n) is 3.13. The van der Waals surface area contributed by atoms with E-state index in [1.807, 2.05) is 13.0 Å². The lowest BCUT2D eigenvalue weighted by Gasteiger charge is -2.08. The SMILES string of the molecule is CC[C@@H](N=C1NS(=O)(=O)N=C1OC)c1cc(C(C)C)co1. The molecule has 1 aromatic rings. The van der Waals surface area contributed by atoms with Gasteiger partial charge in [0.1, 0.15) is 11.8 Å². The Morgan fingerprint density at radius 2 is 2.19 bits per heavy atom. The molecule has 0 spiro atoms. The van der Waals surface area contributed by atoms with E-state index in [9.17, 15) is 8.42 Å². The van der Waals surface area contributed by atoms with E-state index in [2.05, 4.69) is 28.0 Å². The van der Waals surface area contributed by atoms with Crippen LogP contribution in [0.3, 0.4) is 0 Å². The molecule has 0 fully saturated rings. The van der Waals surface area contributed by atoms with Crippen LogP contribution in [-0.2, 0) is 14.9 Å². The zero-order valence-corrected chi connectivity index (χ0v) is 13.3. The maximum Gasteiger partial charge on any atom is 0.347 e. The first-order valence-corrected chi connectivity index (χ1v) is 8.13. The first-order chi connectivity index (χ1) is 9.86. The van der Waals surface area contributed by atoms with E-state index in [0.717, 1.165) is 5.56 Å². The molecule has 116 valence electrons. The van der Waals surface area contributed by atoms with Gasteiger partial charge in [-0.05, 0) is 24.0 Å². The van der Waals surface area contributed by atoms with E-state index in [-0.39, 0.29) is 17.8 Å². The highest BCUT2D eigenvalue weighted by atomic mass is 32.2. The predicted octanol–water partition coefficient (Wildman–Crippen LogP) is 2.15. The molecule has 0 aliphatic carbocycles. The summed E-state index contributed by atoms with van der Waals surface area (Å²) >= 11 is 0. The lowest BCUT2D eigenvalue weighted by molar-refractivity contribution is 0.411. The molecular weight excluding hydrogens is 294 g/mol. The predicted molar refractivity (Wildman–Crippen MR) is 79.8 cm³/mol. The molecule has 1 aromatic heterocycles. The van der Waals surface area contributed by atoms with Gasteiger partial charge in [0.15, 0.2) is 0 Å². The molecule has 7 nitrogen and oxygen atoms in total. The number of ether oxygens (including phenoxy) is 1. The summed E-state index contributed by atoms with van der Waals surface area (Å²) in [5.74, 6) is 1.11. The zero-order valence-electron chi connectivity index (χ0n) is 12.5. The minimum Gasteiger partial charge on any atom is -0.478 e. The summed E-state index contributed by atoms with van der Waals surface area (Å²) in [7, 11) is -2.40. The van der Waals surface area contributed by atoms with Crippen molar-refractivity contribution in [2.75, 3.05) is 7.11 Å². The van der Waals surface area contributed by atoms with Crippen molar-refractivity contribution >= 4 is 21.9 Å². The van der Waals surface area contributed by atoms with Crippen molar-refractivity contribution in [1.29, 1.82) is 0 Å². The molecule has 2 rings (SSSR count). The fraction of sp³-hybridized carbons (Fsp3) is 0.538. The molecular formula is C13H19N3O4S. The molecule has 8 heteroatoms. The molecule has 0 saturated carbocycles. The van der Waals surface area contributed by atoms with Crippen LogP contribution in [0.4, 0.5) is 0 Å². The lowest BCUT2D eigenvalue weighted by atomic mass is 10.1. The number of nitrogens with one attached hydrogen (secondary N) is 1. The summed E-state index contributed by atoms with van der Waals surface area (Å²) in [5, 5.41) is 0. The smallest absolute Gasteiger partial charge is 0.347 e. The largest absolute Gasteiger partial charge is 0.478 e. The van der Waals surface area contributed by atoms with Crippen molar-refractivity contribution in [3.63, 3.8) is 0 Å². The summed E-state index contributed by atoms with van der Waals surface area (Å²) < 4.78 is 39.0. The van der Waals surface area contributed by atoms with Crippen LogP contribution in [0.5, 0.6) is 0 Å². The Morgan fingerprint density at radius 1 is 1.48 bits per heavy atom. The van der Waals surface area contributed by atoms with Crippen LogP contribution in [0.15, 0.2) is 26.1 Å². The number of nitrogens with zero attached hydrogens (tertiary/aromatic N) is 2. The second kappa shape index (κ2) is 5.88. The molecule has 1 aliphatic heterocycles. The maximum atomic E-state index is 11.4. The number of hydrogen-bond acceptors (Lipinski definition) is 5. The van der Waals surface area contributed by atoms with Crippen molar-refractivity contribution in [2.24, 2.45) is 9.39 Å². The van der Waals surface area contributed by atoms with Crippen LogP contribution in [0.25, 0.3) is 0 Å². The van der Waals surface area contributed by atoms with E-state index in [1.165, 1.54) is 7.11 Å². The van der Waals surface area contributed by atoms with Crippen molar-refractivity contribution in [1.82, 2.24) is 4.72 Å². The Labute approximate surface area is 124 Å². The van der Waals surface area contributed by atoms with Gasteiger partial charge in [0.05, 0.1) is 13.4 Å². The number of rotatable bonds is 4.